The maximum Gasteiger partial charge on any atom is 0.328 e. The van der Waals surface area contributed by atoms with E-state index < -0.39 is 6.04 Å². The molecule has 0 aliphatic heterocycles. The third kappa shape index (κ3) is 2.53. The average molecular weight is 173 g/mol. The Bertz CT molecular complexity index is 168. The number of hydrogen-bond acceptors (Lipinski definition) is 3. The zero-order valence-corrected chi connectivity index (χ0v) is 7.90. The van der Waals surface area contributed by atoms with Gasteiger partial charge in [-0.1, -0.05) is 13.8 Å². The summed E-state index contributed by atoms with van der Waals surface area (Å²) in [4.78, 5) is 22.8. The molecule has 0 heterocycles. The largest absolute Gasteiger partial charge is 0.467 e. The summed E-state index contributed by atoms with van der Waals surface area (Å²) >= 11 is 0. The summed E-state index contributed by atoms with van der Waals surface area (Å²) in [6.07, 6.45) is 0.627. The van der Waals surface area contributed by atoms with Gasteiger partial charge in [0.1, 0.15) is 6.04 Å². The van der Waals surface area contributed by atoms with E-state index >= 15 is 0 Å². The highest BCUT2D eigenvalue weighted by Gasteiger charge is 2.26. The van der Waals surface area contributed by atoms with E-state index in [0.717, 1.165) is 0 Å². The van der Waals surface area contributed by atoms with E-state index in [1.807, 2.05) is 13.8 Å². The van der Waals surface area contributed by atoms with Gasteiger partial charge in [0.15, 0.2) is 0 Å². The summed E-state index contributed by atoms with van der Waals surface area (Å²) < 4.78 is 4.56. The second kappa shape index (κ2) is 4.74. The zero-order chi connectivity index (χ0) is 9.72. The molecule has 0 N–H and O–H groups in total. The van der Waals surface area contributed by atoms with Crippen LogP contribution >= 0.6 is 0 Å². The molecule has 0 unspecified atom stereocenters. The molecule has 1 amide bonds. The van der Waals surface area contributed by atoms with Gasteiger partial charge in [-0.15, -0.1) is 0 Å². The van der Waals surface area contributed by atoms with Gasteiger partial charge in [0.2, 0.25) is 6.41 Å². The first kappa shape index (κ1) is 10.9. The van der Waals surface area contributed by atoms with Crippen molar-refractivity contribution in [2.45, 2.75) is 19.9 Å². The molecule has 0 saturated heterocycles. The molecule has 0 aromatic rings. The topological polar surface area (TPSA) is 46.6 Å². The van der Waals surface area contributed by atoms with E-state index in [4.69, 9.17) is 0 Å². The van der Waals surface area contributed by atoms with E-state index in [-0.39, 0.29) is 11.9 Å². The molecule has 0 saturated carbocycles. The van der Waals surface area contributed by atoms with Crippen molar-refractivity contribution >= 4 is 12.4 Å². The van der Waals surface area contributed by atoms with E-state index in [0.29, 0.717) is 6.41 Å². The van der Waals surface area contributed by atoms with Crippen molar-refractivity contribution in [3.05, 3.63) is 0 Å². The average Bonchev–Trinajstić information content (AvgIpc) is 2.03. The Balaban J connectivity index is 4.42. The number of methoxy groups -OCH3 is 1. The summed E-state index contributed by atoms with van der Waals surface area (Å²) in [7, 11) is 2.88. The highest BCUT2D eigenvalue weighted by Crippen LogP contribution is 2.08. The molecule has 0 aromatic carbocycles. The van der Waals surface area contributed by atoms with Gasteiger partial charge in [-0.05, 0) is 5.92 Å². The SMILES string of the molecule is COC(=O)[C@H](C(C)C)N(C)C=O. The van der Waals surface area contributed by atoms with Crippen LogP contribution in [0, 0.1) is 5.92 Å². The molecule has 4 heteroatoms. The molecule has 0 aliphatic carbocycles. The van der Waals surface area contributed by atoms with Crippen molar-refractivity contribution in [1.82, 2.24) is 4.90 Å². The standard InChI is InChI=1S/C8H15NO3/c1-6(2)7(8(11)12-4)9(3)5-10/h5-7H,1-4H3/t7-/m0/s1. The van der Waals surface area contributed by atoms with Gasteiger partial charge < -0.3 is 9.64 Å². The third-order valence-corrected chi connectivity index (χ3v) is 1.68. The fraction of sp³-hybridized carbons (Fsp3) is 0.750. The minimum atomic E-state index is -0.479. The number of carbonyl (C=O) groups excluding carboxylic acids is 2. The van der Waals surface area contributed by atoms with E-state index in [2.05, 4.69) is 4.74 Å². The number of esters is 1. The molecule has 0 rings (SSSR count). The number of rotatable bonds is 4. The smallest absolute Gasteiger partial charge is 0.328 e. The number of carbonyl (C=O) groups is 2. The highest BCUT2D eigenvalue weighted by atomic mass is 16.5. The second-order valence-electron chi connectivity index (χ2n) is 2.98. The minimum absolute atomic E-state index is 0.0626. The van der Waals surface area contributed by atoms with Gasteiger partial charge in [0.25, 0.3) is 0 Å². The predicted octanol–water partition coefficient (Wildman–Crippen LogP) is 0.272. The van der Waals surface area contributed by atoms with Crippen molar-refractivity contribution in [1.29, 1.82) is 0 Å². The lowest BCUT2D eigenvalue weighted by Gasteiger charge is -2.24. The third-order valence-electron chi connectivity index (χ3n) is 1.68. The normalized spacial score (nSPS) is 12.4. The molecule has 0 aromatic heterocycles. The van der Waals surface area contributed by atoms with E-state index in [1.54, 1.807) is 7.05 Å². The quantitative estimate of drug-likeness (QED) is 0.453. The molecular weight excluding hydrogens is 158 g/mol. The molecular formula is C8H15NO3. The molecule has 0 aliphatic rings. The lowest BCUT2D eigenvalue weighted by molar-refractivity contribution is -0.150. The molecule has 1 atom stereocenters. The lowest BCUT2D eigenvalue weighted by Crippen LogP contribution is -2.42. The molecule has 0 radical (unpaired) electrons. The summed E-state index contributed by atoms with van der Waals surface area (Å²) in [5.74, 6) is -0.313. The maximum atomic E-state index is 11.1. The van der Waals surface area contributed by atoms with Gasteiger partial charge in [-0.3, -0.25) is 4.79 Å². The molecule has 0 spiro atoms. The zero-order valence-electron chi connectivity index (χ0n) is 7.90. The van der Waals surface area contributed by atoms with Gasteiger partial charge >= 0.3 is 5.97 Å². The molecule has 4 nitrogen and oxygen atoms in total. The van der Waals surface area contributed by atoms with Crippen molar-refractivity contribution < 1.29 is 14.3 Å². The second-order valence-corrected chi connectivity index (χ2v) is 2.98. The van der Waals surface area contributed by atoms with Crippen LogP contribution in [0.25, 0.3) is 0 Å². The Morgan fingerprint density at radius 3 is 2.25 bits per heavy atom. The molecule has 12 heavy (non-hydrogen) atoms. The summed E-state index contributed by atoms with van der Waals surface area (Å²) in [5.41, 5.74) is 0. The first-order valence-electron chi connectivity index (χ1n) is 3.79. The fourth-order valence-electron chi connectivity index (χ4n) is 1.10. The number of ether oxygens (including phenoxy) is 1. The Morgan fingerprint density at radius 1 is 1.50 bits per heavy atom. The van der Waals surface area contributed by atoms with Gasteiger partial charge in [0.05, 0.1) is 7.11 Å². The van der Waals surface area contributed by atoms with Crippen molar-refractivity contribution in [2.24, 2.45) is 5.92 Å². The minimum Gasteiger partial charge on any atom is -0.467 e. The van der Waals surface area contributed by atoms with Crippen LogP contribution in [0.3, 0.4) is 0 Å². The Kier molecular flexibility index (Phi) is 4.33. The van der Waals surface area contributed by atoms with Crippen LogP contribution in [0.1, 0.15) is 13.8 Å². The van der Waals surface area contributed by atoms with Crippen LogP contribution in [0.2, 0.25) is 0 Å². The van der Waals surface area contributed by atoms with Gasteiger partial charge in [-0.25, -0.2) is 4.79 Å². The van der Waals surface area contributed by atoms with Gasteiger partial charge in [-0.2, -0.15) is 0 Å². The predicted molar refractivity (Wildman–Crippen MR) is 44.5 cm³/mol. The van der Waals surface area contributed by atoms with E-state index in [1.165, 1.54) is 12.0 Å². The summed E-state index contributed by atoms with van der Waals surface area (Å²) in [6.45, 7) is 3.73. The van der Waals surface area contributed by atoms with Crippen LogP contribution in [-0.2, 0) is 14.3 Å². The van der Waals surface area contributed by atoms with Crippen molar-refractivity contribution in [2.75, 3.05) is 14.2 Å². The Hall–Kier alpha value is -1.06. The van der Waals surface area contributed by atoms with Gasteiger partial charge in [0, 0.05) is 7.05 Å². The first-order chi connectivity index (χ1) is 5.54. The molecule has 70 valence electrons. The number of hydrogen-bond donors (Lipinski definition) is 0. The van der Waals surface area contributed by atoms with Crippen LogP contribution < -0.4 is 0 Å². The monoisotopic (exact) mass is 173 g/mol. The number of nitrogens with zero attached hydrogens (tertiary/aromatic N) is 1. The number of amides is 1. The van der Waals surface area contributed by atoms with E-state index in [9.17, 15) is 9.59 Å². The van der Waals surface area contributed by atoms with Crippen LogP contribution in [-0.4, -0.2) is 37.5 Å². The first-order valence-corrected chi connectivity index (χ1v) is 3.79. The Morgan fingerprint density at radius 2 is 2.00 bits per heavy atom. The van der Waals surface area contributed by atoms with Crippen LogP contribution in [0.4, 0.5) is 0 Å². The number of likely N-dealkylation sites (N-methyl/N-ethyl adjacent to an activating group) is 1. The summed E-state index contributed by atoms with van der Waals surface area (Å²) in [6, 6.07) is -0.479. The maximum absolute atomic E-state index is 11.1. The fourth-order valence-corrected chi connectivity index (χ4v) is 1.10. The molecule has 0 bridgehead atoms. The lowest BCUT2D eigenvalue weighted by atomic mass is 10.0. The Labute approximate surface area is 72.5 Å². The van der Waals surface area contributed by atoms with Crippen molar-refractivity contribution in [3.63, 3.8) is 0 Å². The highest BCUT2D eigenvalue weighted by molar-refractivity contribution is 5.78. The van der Waals surface area contributed by atoms with Crippen LogP contribution in [0.5, 0.6) is 0 Å². The van der Waals surface area contributed by atoms with Crippen molar-refractivity contribution in [3.8, 4) is 0 Å². The molecule has 0 fully saturated rings. The summed E-state index contributed by atoms with van der Waals surface area (Å²) in [5, 5.41) is 0. The van der Waals surface area contributed by atoms with Crippen LogP contribution in [0.15, 0.2) is 0 Å².